The Hall–Kier alpha value is -1.91. The van der Waals surface area contributed by atoms with Gasteiger partial charge in [-0.2, -0.15) is 13.2 Å². The van der Waals surface area contributed by atoms with Crippen molar-refractivity contribution in [3.63, 3.8) is 0 Å². The Morgan fingerprint density at radius 3 is 2.24 bits per heavy atom. The molecular formula is C12H9F3O2. The van der Waals surface area contributed by atoms with E-state index in [1.165, 1.54) is 12.1 Å². The molecule has 0 N–H and O–H groups in total. The molecule has 0 amide bonds. The van der Waals surface area contributed by atoms with E-state index >= 15 is 0 Å². The Morgan fingerprint density at radius 2 is 1.76 bits per heavy atom. The molecule has 0 aliphatic rings. The zero-order chi connectivity index (χ0) is 12.9. The molecule has 0 aliphatic heterocycles. The number of carbonyl (C=O) groups excluding carboxylic acids is 2. The van der Waals surface area contributed by atoms with Crippen LogP contribution >= 0.6 is 0 Å². The number of aldehydes is 1. The number of allylic oxidation sites excluding steroid dienone is 1. The molecule has 90 valence electrons. The molecule has 0 aliphatic carbocycles. The van der Waals surface area contributed by atoms with Gasteiger partial charge in [0.25, 0.3) is 5.78 Å². The Kier molecular flexibility index (Phi) is 4.20. The number of carbonyl (C=O) groups is 2. The van der Waals surface area contributed by atoms with Gasteiger partial charge in [0.1, 0.15) is 6.29 Å². The van der Waals surface area contributed by atoms with E-state index in [1.54, 1.807) is 12.2 Å². The molecule has 0 atom stereocenters. The minimum atomic E-state index is -4.85. The number of halogens is 3. The van der Waals surface area contributed by atoms with Gasteiger partial charge >= 0.3 is 6.18 Å². The number of alkyl halides is 3. The minimum absolute atomic E-state index is 0.239. The second kappa shape index (κ2) is 5.43. The number of hydrogen-bond acceptors (Lipinski definition) is 2. The second-order valence-corrected chi connectivity index (χ2v) is 3.25. The predicted molar refractivity (Wildman–Crippen MR) is 56.5 cm³/mol. The molecule has 0 aromatic heterocycles. The van der Waals surface area contributed by atoms with E-state index in [4.69, 9.17) is 0 Å². The van der Waals surface area contributed by atoms with E-state index in [2.05, 4.69) is 0 Å². The summed E-state index contributed by atoms with van der Waals surface area (Å²) in [5, 5.41) is 0. The van der Waals surface area contributed by atoms with Gasteiger partial charge in [0, 0.05) is 12.0 Å². The van der Waals surface area contributed by atoms with E-state index in [-0.39, 0.29) is 6.42 Å². The third kappa shape index (κ3) is 3.86. The van der Waals surface area contributed by atoms with Crippen LogP contribution in [0.25, 0.3) is 6.08 Å². The van der Waals surface area contributed by atoms with Crippen molar-refractivity contribution < 1.29 is 22.8 Å². The lowest BCUT2D eigenvalue weighted by atomic mass is 10.1. The van der Waals surface area contributed by atoms with Crippen LogP contribution in [0.15, 0.2) is 30.3 Å². The predicted octanol–water partition coefficient (Wildman–Crippen LogP) is 3.03. The third-order valence-corrected chi connectivity index (χ3v) is 1.97. The Morgan fingerprint density at radius 1 is 1.18 bits per heavy atom. The topological polar surface area (TPSA) is 34.1 Å². The van der Waals surface area contributed by atoms with Crippen molar-refractivity contribution in [2.24, 2.45) is 0 Å². The molecule has 0 saturated heterocycles. The Bertz CT molecular complexity index is 430. The summed E-state index contributed by atoms with van der Waals surface area (Å²) in [7, 11) is 0. The highest BCUT2D eigenvalue weighted by Gasteiger charge is 2.38. The van der Waals surface area contributed by atoms with Crippen LogP contribution in [0.5, 0.6) is 0 Å². The van der Waals surface area contributed by atoms with Gasteiger partial charge in [-0.15, -0.1) is 0 Å². The molecule has 0 fully saturated rings. The van der Waals surface area contributed by atoms with Crippen molar-refractivity contribution in [3.05, 3.63) is 41.5 Å². The molecular weight excluding hydrogens is 233 g/mol. The first kappa shape index (κ1) is 13.2. The van der Waals surface area contributed by atoms with Crippen molar-refractivity contribution in [1.29, 1.82) is 0 Å². The zero-order valence-corrected chi connectivity index (χ0v) is 8.70. The molecule has 0 heterocycles. The second-order valence-electron chi connectivity index (χ2n) is 3.25. The lowest BCUT2D eigenvalue weighted by Crippen LogP contribution is -2.22. The molecule has 1 aromatic rings. The fourth-order valence-corrected chi connectivity index (χ4v) is 1.17. The van der Waals surface area contributed by atoms with Gasteiger partial charge < -0.3 is 4.79 Å². The Labute approximate surface area is 95.8 Å². The van der Waals surface area contributed by atoms with E-state index in [0.29, 0.717) is 11.8 Å². The summed E-state index contributed by atoms with van der Waals surface area (Å²) < 4.78 is 36.2. The highest BCUT2D eigenvalue weighted by molar-refractivity contribution is 6.00. The molecule has 0 unspecified atom stereocenters. The first-order valence-electron chi connectivity index (χ1n) is 4.77. The Balaban J connectivity index is 2.81. The number of benzene rings is 1. The summed E-state index contributed by atoms with van der Waals surface area (Å²) in [4.78, 5) is 20.9. The molecule has 2 nitrogen and oxygen atoms in total. The number of Topliss-reactive ketones (excluding diaryl/α,β-unsaturated/α-hetero) is 1. The SMILES string of the molecule is O=CCC=Cc1ccc(C(=O)C(F)(F)F)cc1. The molecule has 0 radical (unpaired) electrons. The fraction of sp³-hybridized carbons (Fsp3) is 0.167. The summed E-state index contributed by atoms with van der Waals surface area (Å²) >= 11 is 0. The van der Waals surface area contributed by atoms with E-state index < -0.39 is 17.5 Å². The van der Waals surface area contributed by atoms with Crippen molar-refractivity contribution in [2.75, 3.05) is 0 Å². The minimum Gasteiger partial charge on any atom is -0.303 e. The van der Waals surface area contributed by atoms with Crippen molar-refractivity contribution in [3.8, 4) is 0 Å². The average molecular weight is 242 g/mol. The normalized spacial score (nSPS) is 11.7. The number of ketones is 1. The van der Waals surface area contributed by atoms with Gasteiger partial charge in [-0.05, 0) is 5.56 Å². The smallest absolute Gasteiger partial charge is 0.303 e. The summed E-state index contributed by atoms with van der Waals surface area (Å²) in [5.41, 5.74) is 0.232. The molecule has 1 aromatic carbocycles. The van der Waals surface area contributed by atoms with Gasteiger partial charge in [-0.25, -0.2) is 0 Å². The lowest BCUT2D eigenvalue weighted by Gasteiger charge is -2.04. The lowest BCUT2D eigenvalue weighted by molar-refractivity contribution is -0.107. The quantitative estimate of drug-likeness (QED) is 0.600. The van der Waals surface area contributed by atoms with Crippen LogP contribution in [0.3, 0.4) is 0 Å². The highest BCUT2D eigenvalue weighted by Crippen LogP contribution is 2.21. The maximum atomic E-state index is 12.1. The van der Waals surface area contributed by atoms with E-state index in [1.807, 2.05) is 0 Å². The average Bonchev–Trinajstić information content (AvgIpc) is 2.28. The third-order valence-electron chi connectivity index (χ3n) is 1.97. The maximum Gasteiger partial charge on any atom is 0.454 e. The molecule has 17 heavy (non-hydrogen) atoms. The molecule has 0 saturated carbocycles. The van der Waals surface area contributed by atoms with Crippen LogP contribution < -0.4 is 0 Å². The number of hydrogen-bond donors (Lipinski definition) is 0. The van der Waals surface area contributed by atoms with Crippen LogP contribution in [0.2, 0.25) is 0 Å². The fourth-order valence-electron chi connectivity index (χ4n) is 1.17. The summed E-state index contributed by atoms with van der Waals surface area (Å²) in [6.07, 6.45) is -0.736. The standard InChI is InChI=1S/C12H9F3O2/c13-12(14,15)11(17)10-6-4-9(5-7-10)3-1-2-8-16/h1,3-8H,2H2. The van der Waals surface area contributed by atoms with Crippen molar-refractivity contribution in [1.82, 2.24) is 0 Å². The monoisotopic (exact) mass is 242 g/mol. The highest BCUT2D eigenvalue weighted by atomic mass is 19.4. The van der Waals surface area contributed by atoms with Crippen LogP contribution in [-0.2, 0) is 4.79 Å². The molecule has 1 rings (SSSR count). The summed E-state index contributed by atoms with van der Waals surface area (Å²) in [6, 6.07) is 4.99. The molecule has 0 bridgehead atoms. The van der Waals surface area contributed by atoms with E-state index in [0.717, 1.165) is 12.1 Å². The molecule has 5 heteroatoms. The van der Waals surface area contributed by atoms with E-state index in [9.17, 15) is 22.8 Å². The number of rotatable bonds is 4. The van der Waals surface area contributed by atoms with Crippen LogP contribution in [-0.4, -0.2) is 18.2 Å². The largest absolute Gasteiger partial charge is 0.454 e. The van der Waals surface area contributed by atoms with Gasteiger partial charge in [-0.1, -0.05) is 36.4 Å². The summed E-state index contributed by atoms with van der Waals surface area (Å²) in [6.45, 7) is 0. The molecule has 0 spiro atoms. The van der Waals surface area contributed by atoms with Gasteiger partial charge in [0.05, 0.1) is 0 Å². The first-order chi connectivity index (χ1) is 7.95. The first-order valence-corrected chi connectivity index (χ1v) is 4.77. The summed E-state index contributed by atoms with van der Waals surface area (Å²) in [5.74, 6) is -1.86. The van der Waals surface area contributed by atoms with Gasteiger partial charge in [0.2, 0.25) is 0 Å². The van der Waals surface area contributed by atoms with Gasteiger partial charge in [0.15, 0.2) is 0 Å². The zero-order valence-electron chi connectivity index (χ0n) is 8.70. The van der Waals surface area contributed by atoms with Crippen LogP contribution in [0, 0.1) is 0 Å². The van der Waals surface area contributed by atoms with Crippen LogP contribution in [0.1, 0.15) is 22.3 Å². The van der Waals surface area contributed by atoms with Crippen molar-refractivity contribution in [2.45, 2.75) is 12.6 Å². The van der Waals surface area contributed by atoms with Crippen LogP contribution in [0.4, 0.5) is 13.2 Å². The maximum absolute atomic E-state index is 12.1. The van der Waals surface area contributed by atoms with Crippen molar-refractivity contribution >= 4 is 18.1 Å². The van der Waals surface area contributed by atoms with Gasteiger partial charge in [-0.3, -0.25) is 4.79 Å².